The average Bonchev–Trinajstić information content (AvgIpc) is 2.72. The van der Waals surface area contributed by atoms with Crippen molar-refractivity contribution in [1.82, 2.24) is 4.98 Å². The van der Waals surface area contributed by atoms with Crippen LogP contribution >= 0.6 is 0 Å². The first-order chi connectivity index (χ1) is 13.6. The molecule has 3 rings (SSSR count). The minimum absolute atomic E-state index is 0.178. The molecule has 28 heavy (non-hydrogen) atoms. The zero-order valence-electron chi connectivity index (χ0n) is 16.6. The lowest BCUT2D eigenvalue weighted by Crippen LogP contribution is -2.12. The van der Waals surface area contributed by atoms with Gasteiger partial charge in [0, 0.05) is 17.1 Å². The van der Waals surface area contributed by atoms with Crippen LogP contribution < -0.4 is 14.8 Å². The van der Waals surface area contributed by atoms with E-state index in [0.717, 1.165) is 28.8 Å². The molecule has 0 spiro atoms. The normalized spacial score (nSPS) is 10.9. The van der Waals surface area contributed by atoms with Gasteiger partial charge in [0.1, 0.15) is 17.0 Å². The maximum Gasteiger partial charge on any atom is 0.255 e. The van der Waals surface area contributed by atoms with Crippen molar-refractivity contribution < 1.29 is 14.3 Å². The Bertz CT molecular complexity index is 936. The number of ether oxygens (including phenoxy) is 2. The quantitative estimate of drug-likeness (QED) is 0.577. The first kappa shape index (κ1) is 19.7. The molecule has 0 aliphatic heterocycles. The Labute approximate surface area is 165 Å². The third-order valence-corrected chi connectivity index (χ3v) is 4.14. The zero-order chi connectivity index (χ0) is 19.9. The van der Waals surface area contributed by atoms with Crippen LogP contribution in [0.3, 0.4) is 0 Å². The molecule has 1 aromatic heterocycles. The van der Waals surface area contributed by atoms with Gasteiger partial charge in [0.15, 0.2) is 0 Å². The summed E-state index contributed by atoms with van der Waals surface area (Å²) in [5.74, 6) is 1.76. The number of pyridine rings is 1. The number of aromatic nitrogens is 1. The number of hydrogen-bond acceptors (Lipinski definition) is 4. The molecule has 0 saturated carbocycles. The van der Waals surface area contributed by atoms with E-state index in [4.69, 9.17) is 9.47 Å². The standard InChI is InChI=1S/C23H26N2O3/c1-4-14-27-21-12-11-20(19-6-5-13-24-22(19)21)25-23(26)17-7-9-18(10-8-17)28-15-16(2)3/h5-13,16H,4,14-15H2,1-3H3,(H,25,26). The molecular formula is C23H26N2O3. The van der Waals surface area contributed by atoms with E-state index in [9.17, 15) is 4.79 Å². The van der Waals surface area contributed by atoms with E-state index in [1.807, 2.05) is 36.4 Å². The lowest BCUT2D eigenvalue weighted by atomic mass is 10.1. The van der Waals surface area contributed by atoms with Crippen LogP contribution in [0.25, 0.3) is 10.9 Å². The highest BCUT2D eigenvalue weighted by Gasteiger charge is 2.12. The predicted octanol–water partition coefficient (Wildman–Crippen LogP) is 5.31. The molecule has 1 heterocycles. The number of benzene rings is 2. The van der Waals surface area contributed by atoms with E-state index in [1.54, 1.807) is 18.3 Å². The van der Waals surface area contributed by atoms with E-state index >= 15 is 0 Å². The molecule has 0 saturated heterocycles. The first-order valence-electron chi connectivity index (χ1n) is 9.63. The molecule has 5 nitrogen and oxygen atoms in total. The van der Waals surface area contributed by atoms with Crippen LogP contribution in [0.15, 0.2) is 54.7 Å². The molecule has 5 heteroatoms. The molecule has 0 bridgehead atoms. The third-order valence-electron chi connectivity index (χ3n) is 4.14. The summed E-state index contributed by atoms with van der Waals surface area (Å²) < 4.78 is 11.4. The highest BCUT2D eigenvalue weighted by Crippen LogP contribution is 2.30. The fraction of sp³-hybridized carbons (Fsp3) is 0.304. The molecule has 1 amide bonds. The maximum absolute atomic E-state index is 12.7. The second-order valence-electron chi connectivity index (χ2n) is 7.04. The molecule has 3 aromatic rings. The summed E-state index contributed by atoms with van der Waals surface area (Å²) in [6.07, 6.45) is 2.65. The van der Waals surface area contributed by atoms with Crippen molar-refractivity contribution in [2.24, 2.45) is 5.92 Å². The molecule has 0 aliphatic rings. The zero-order valence-corrected chi connectivity index (χ0v) is 16.6. The van der Waals surface area contributed by atoms with Crippen molar-refractivity contribution in [2.45, 2.75) is 27.2 Å². The van der Waals surface area contributed by atoms with Gasteiger partial charge in [-0.15, -0.1) is 0 Å². The Morgan fingerprint density at radius 2 is 1.86 bits per heavy atom. The van der Waals surface area contributed by atoms with Crippen molar-refractivity contribution in [3.8, 4) is 11.5 Å². The summed E-state index contributed by atoms with van der Waals surface area (Å²) in [5, 5.41) is 3.83. The molecule has 0 unspecified atom stereocenters. The molecule has 0 atom stereocenters. The highest BCUT2D eigenvalue weighted by atomic mass is 16.5. The second-order valence-corrected chi connectivity index (χ2v) is 7.04. The van der Waals surface area contributed by atoms with Crippen LogP contribution in [0.5, 0.6) is 11.5 Å². The smallest absolute Gasteiger partial charge is 0.255 e. The second kappa shape index (κ2) is 9.22. The topological polar surface area (TPSA) is 60.5 Å². The number of anilines is 1. The molecule has 146 valence electrons. The van der Waals surface area contributed by atoms with E-state index in [2.05, 4.69) is 31.1 Å². The van der Waals surface area contributed by atoms with Crippen molar-refractivity contribution in [3.05, 3.63) is 60.3 Å². The summed E-state index contributed by atoms with van der Waals surface area (Å²) in [7, 11) is 0. The minimum atomic E-state index is -0.178. The summed E-state index contributed by atoms with van der Waals surface area (Å²) in [5.41, 5.74) is 2.02. The summed E-state index contributed by atoms with van der Waals surface area (Å²) >= 11 is 0. The Kier molecular flexibility index (Phi) is 6.48. The first-order valence-corrected chi connectivity index (χ1v) is 9.63. The Balaban J connectivity index is 1.78. The predicted molar refractivity (Wildman–Crippen MR) is 112 cm³/mol. The van der Waals surface area contributed by atoms with Gasteiger partial charge in [-0.05, 0) is 60.9 Å². The number of nitrogens with zero attached hydrogens (tertiary/aromatic N) is 1. The van der Waals surface area contributed by atoms with Gasteiger partial charge in [0.05, 0.1) is 18.9 Å². The monoisotopic (exact) mass is 378 g/mol. The van der Waals surface area contributed by atoms with Crippen LogP contribution in [-0.4, -0.2) is 24.1 Å². The van der Waals surface area contributed by atoms with E-state index in [1.165, 1.54) is 0 Å². The van der Waals surface area contributed by atoms with Gasteiger partial charge < -0.3 is 14.8 Å². The molecule has 0 fully saturated rings. The average molecular weight is 378 g/mol. The number of rotatable bonds is 8. The molecule has 1 N–H and O–H groups in total. The fourth-order valence-corrected chi connectivity index (χ4v) is 2.74. The highest BCUT2D eigenvalue weighted by molar-refractivity contribution is 6.09. The lowest BCUT2D eigenvalue weighted by molar-refractivity contribution is 0.102. The summed E-state index contributed by atoms with van der Waals surface area (Å²) in [6.45, 7) is 7.53. The Morgan fingerprint density at radius 3 is 2.57 bits per heavy atom. The van der Waals surface area contributed by atoms with Crippen LogP contribution in [-0.2, 0) is 0 Å². The van der Waals surface area contributed by atoms with Crippen molar-refractivity contribution in [2.75, 3.05) is 18.5 Å². The van der Waals surface area contributed by atoms with Gasteiger partial charge in [0.2, 0.25) is 0 Å². The van der Waals surface area contributed by atoms with Gasteiger partial charge in [-0.1, -0.05) is 20.8 Å². The van der Waals surface area contributed by atoms with Gasteiger partial charge in [-0.25, -0.2) is 0 Å². The van der Waals surface area contributed by atoms with Crippen LogP contribution in [0.1, 0.15) is 37.6 Å². The Hall–Kier alpha value is -3.08. The number of carbonyl (C=O) groups is 1. The van der Waals surface area contributed by atoms with Crippen molar-refractivity contribution in [3.63, 3.8) is 0 Å². The number of fused-ring (bicyclic) bond motifs is 1. The molecule has 0 radical (unpaired) electrons. The van der Waals surface area contributed by atoms with Crippen LogP contribution in [0, 0.1) is 5.92 Å². The minimum Gasteiger partial charge on any atom is -0.493 e. The SMILES string of the molecule is CCCOc1ccc(NC(=O)c2ccc(OCC(C)C)cc2)c2cccnc12. The molecule has 2 aromatic carbocycles. The fourth-order valence-electron chi connectivity index (χ4n) is 2.74. The number of hydrogen-bond donors (Lipinski definition) is 1. The summed E-state index contributed by atoms with van der Waals surface area (Å²) in [6, 6.07) is 14.7. The van der Waals surface area contributed by atoms with Gasteiger partial charge in [-0.2, -0.15) is 0 Å². The molecule has 0 aliphatic carbocycles. The summed E-state index contributed by atoms with van der Waals surface area (Å²) in [4.78, 5) is 17.1. The lowest BCUT2D eigenvalue weighted by Gasteiger charge is -2.13. The van der Waals surface area contributed by atoms with Crippen molar-refractivity contribution >= 4 is 22.5 Å². The molecular weight excluding hydrogens is 352 g/mol. The van der Waals surface area contributed by atoms with Gasteiger partial charge in [0.25, 0.3) is 5.91 Å². The van der Waals surface area contributed by atoms with E-state index < -0.39 is 0 Å². The van der Waals surface area contributed by atoms with E-state index in [0.29, 0.717) is 30.4 Å². The van der Waals surface area contributed by atoms with Crippen molar-refractivity contribution in [1.29, 1.82) is 0 Å². The van der Waals surface area contributed by atoms with Crippen LogP contribution in [0.4, 0.5) is 5.69 Å². The number of carbonyl (C=O) groups excluding carboxylic acids is 1. The number of nitrogens with one attached hydrogen (secondary N) is 1. The Morgan fingerprint density at radius 1 is 1.07 bits per heavy atom. The largest absolute Gasteiger partial charge is 0.493 e. The van der Waals surface area contributed by atoms with Gasteiger partial charge in [-0.3, -0.25) is 9.78 Å². The number of amides is 1. The van der Waals surface area contributed by atoms with E-state index in [-0.39, 0.29) is 5.91 Å². The third kappa shape index (κ3) is 4.80. The van der Waals surface area contributed by atoms with Gasteiger partial charge >= 0.3 is 0 Å². The van der Waals surface area contributed by atoms with Crippen LogP contribution in [0.2, 0.25) is 0 Å². The maximum atomic E-state index is 12.7.